The van der Waals surface area contributed by atoms with Gasteiger partial charge in [-0.1, -0.05) is 11.6 Å². The summed E-state index contributed by atoms with van der Waals surface area (Å²) in [5.41, 5.74) is -0.123. The number of hydrogen-bond acceptors (Lipinski definition) is 7. The summed E-state index contributed by atoms with van der Waals surface area (Å²) in [6, 6.07) is 6.14. The van der Waals surface area contributed by atoms with Gasteiger partial charge in [0, 0.05) is 24.8 Å². The Kier molecular flexibility index (Phi) is 4.77. The van der Waals surface area contributed by atoms with Gasteiger partial charge in [-0.15, -0.1) is 0 Å². The van der Waals surface area contributed by atoms with Crippen molar-refractivity contribution in [3.05, 3.63) is 61.3 Å². The van der Waals surface area contributed by atoms with Crippen LogP contribution in [0.5, 0.6) is 0 Å². The summed E-state index contributed by atoms with van der Waals surface area (Å²) in [6.07, 6.45) is 0. The van der Waals surface area contributed by atoms with E-state index < -0.39 is 33.5 Å². The number of nitro groups is 2. The number of nitrogens with one attached hydrogen (secondary N) is 1. The van der Waals surface area contributed by atoms with Crippen LogP contribution < -0.4 is 5.32 Å². The first-order valence-electron chi connectivity index (χ1n) is 7.54. The van der Waals surface area contributed by atoms with Crippen LogP contribution in [-0.2, 0) is 4.79 Å². The highest BCUT2D eigenvalue weighted by Gasteiger charge is 2.37. The van der Waals surface area contributed by atoms with Gasteiger partial charge in [-0.25, -0.2) is 0 Å². The standard InChI is InChI=1S/C15H11ClN4O7/c16-10-2-1-9(5-11(10)19(23)24)17-14(21)8-6-18(7-8)15(22)12-3-4-13(27-12)20(25)26/h1-5,8H,6-7H2,(H,17,21). The van der Waals surface area contributed by atoms with Crippen molar-refractivity contribution in [2.45, 2.75) is 0 Å². The zero-order chi connectivity index (χ0) is 19.7. The molecule has 3 rings (SSSR count). The van der Waals surface area contributed by atoms with E-state index in [9.17, 15) is 29.8 Å². The van der Waals surface area contributed by atoms with Crippen LogP contribution in [0.15, 0.2) is 34.7 Å². The molecule has 2 heterocycles. The molecule has 0 bridgehead atoms. The average Bonchev–Trinajstić information content (AvgIpc) is 3.05. The van der Waals surface area contributed by atoms with Crippen molar-refractivity contribution in [1.29, 1.82) is 0 Å². The molecule has 1 N–H and O–H groups in total. The summed E-state index contributed by atoms with van der Waals surface area (Å²) in [4.78, 5) is 45.7. The molecule has 27 heavy (non-hydrogen) atoms. The number of furan rings is 1. The van der Waals surface area contributed by atoms with E-state index in [2.05, 4.69) is 5.32 Å². The van der Waals surface area contributed by atoms with Crippen molar-refractivity contribution < 1.29 is 23.9 Å². The zero-order valence-electron chi connectivity index (χ0n) is 13.5. The molecule has 2 amide bonds. The zero-order valence-corrected chi connectivity index (χ0v) is 14.2. The van der Waals surface area contributed by atoms with E-state index in [1.807, 2.05) is 0 Å². The monoisotopic (exact) mass is 394 g/mol. The van der Waals surface area contributed by atoms with Crippen LogP contribution in [0.2, 0.25) is 5.02 Å². The van der Waals surface area contributed by atoms with E-state index in [4.69, 9.17) is 16.0 Å². The van der Waals surface area contributed by atoms with Crippen molar-refractivity contribution in [1.82, 2.24) is 4.90 Å². The second-order valence-corrected chi connectivity index (χ2v) is 6.12. The lowest BCUT2D eigenvalue weighted by Gasteiger charge is -2.37. The first kappa shape index (κ1) is 18.3. The molecule has 1 aliphatic rings. The van der Waals surface area contributed by atoms with Crippen LogP contribution in [0.4, 0.5) is 17.3 Å². The number of hydrogen-bond donors (Lipinski definition) is 1. The molecule has 1 aliphatic heterocycles. The Labute approximate surface area is 155 Å². The summed E-state index contributed by atoms with van der Waals surface area (Å²) in [6.45, 7) is 0.184. The maximum absolute atomic E-state index is 12.2. The Morgan fingerprint density at radius 1 is 1.15 bits per heavy atom. The maximum Gasteiger partial charge on any atom is 0.433 e. The summed E-state index contributed by atoms with van der Waals surface area (Å²) in [5.74, 6) is -2.23. The van der Waals surface area contributed by atoms with Gasteiger partial charge < -0.3 is 14.6 Å². The number of carbonyl (C=O) groups is 2. The third-order valence-corrected chi connectivity index (χ3v) is 4.25. The first-order valence-corrected chi connectivity index (χ1v) is 7.92. The predicted octanol–water partition coefficient (Wildman–Crippen LogP) is 2.46. The molecule has 1 saturated heterocycles. The Bertz CT molecular complexity index is 951. The third kappa shape index (κ3) is 3.72. The molecule has 0 unspecified atom stereocenters. The lowest BCUT2D eigenvalue weighted by Crippen LogP contribution is -2.54. The number of likely N-dealkylation sites (tertiary alicyclic amines) is 1. The first-order chi connectivity index (χ1) is 12.8. The topological polar surface area (TPSA) is 149 Å². The Morgan fingerprint density at radius 2 is 1.85 bits per heavy atom. The van der Waals surface area contributed by atoms with Crippen molar-refractivity contribution >= 4 is 40.7 Å². The van der Waals surface area contributed by atoms with E-state index >= 15 is 0 Å². The Balaban J connectivity index is 1.58. The van der Waals surface area contributed by atoms with Gasteiger partial charge in [-0.2, -0.15) is 0 Å². The van der Waals surface area contributed by atoms with Crippen molar-refractivity contribution in [2.24, 2.45) is 5.92 Å². The molecule has 0 saturated carbocycles. The van der Waals surface area contributed by atoms with Gasteiger partial charge >= 0.3 is 5.88 Å². The number of anilines is 1. The summed E-state index contributed by atoms with van der Waals surface area (Å²) in [7, 11) is 0. The van der Waals surface area contributed by atoms with Crippen LogP contribution >= 0.6 is 11.6 Å². The molecular weight excluding hydrogens is 384 g/mol. The average molecular weight is 395 g/mol. The molecule has 12 heteroatoms. The normalized spacial score (nSPS) is 13.7. The lowest BCUT2D eigenvalue weighted by molar-refractivity contribution is -0.402. The van der Waals surface area contributed by atoms with Crippen molar-refractivity contribution in [3.63, 3.8) is 0 Å². The van der Waals surface area contributed by atoms with E-state index in [0.29, 0.717) is 0 Å². The number of benzene rings is 1. The maximum atomic E-state index is 12.2. The highest BCUT2D eigenvalue weighted by molar-refractivity contribution is 6.32. The second-order valence-electron chi connectivity index (χ2n) is 5.71. The highest BCUT2D eigenvalue weighted by Crippen LogP contribution is 2.28. The van der Waals surface area contributed by atoms with E-state index in [1.54, 1.807) is 0 Å². The SMILES string of the molecule is O=C(Nc1ccc(Cl)c([N+](=O)[O-])c1)C1CN(C(=O)c2ccc([N+](=O)[O-])o2)C1. The Morgan fingerprint density at radius 3 is 2.44 bits per heavy atom. The molecule has 0 atom stereocenters. The molecule has 11 nitrogen and oxygen atoms in total. The van der Waals surface area contributed by atoms with E-state index in [1.165, 1.54) is 23.1 Å². The van der Waals surface area contributed by atoms with Crippen molar-refractivity contribution in [2.75, 3.05) is 18.4 Å². The van der Waals surface area contributed by atoms with Gasteiger partial charge in [0.05, 0.1) is 16.9 Å². The lowest BCUT2D eigenvalue weighted by atomic mass is 9.98. The van der Waals surface area contributed by atoms with Gasteiger partial charge in [0.25, 0.3) is 11.6 Å². The quantitative estimate of drug-likeness (QED) is 0.604. The fraction of sp³-hybridized carbons (Fsp3) is 0.200. The minimum Gasteiger partial charge on any atom is -0.395 e. The molecule has 0 spiro atoms. The van der Waals surface area contributed by atoms with Gasteiger partial charge in [-0.3, -0.25) is 29.8 Å². The van der Waals surface area contributed by atoms with Crippen molar-refractivity contribution in [3.8, 4) is 0 Å². The van der Waals surface area contributed by atoms with Crippen LogP contribution in [0.1, 0.15) is 10.6 Å². The molecule has 1 aromatic carbocycles. The number of amides is 2. The van der Waals surface area contributed by atoms with Crippen LogP contribution in [0.3, 0.4) is 0 Å². The fourth-order valence-electron chi connectivity index (χ4n) is 2.48. The van der Waals surface area contributed by atoms with Crippen LogP contribution in [-0.4, -0.2) is 39.7 Å². The molecule has 140 valence electrons. The van der Waals surface area contributed by atoms with Gasteiger partial charge in [0.15, 0.2) is 5.76 Å². The third-order valence-electron chi connectivity index (χ3n) is 3.93. The van der Waals surface area contributed by atoms with Gasteiger partial charge in [-0.05, 0) is 18.2 Å². The minimum atomic E-state index is -0.756. The largest absolute Gasteiger partial charge is 0.433 e. The minimum absolute atomic E-state index is 0.0500. The summed E-state index contributed by atoms with van der Waals surface area (Å²) < 4.78 is 4.83. The number of halogens is 1. The molecular formula is C15H11ClN4O7. The van der Waals surface area contributed by atoms with Gasteiger partial charge in [0.2, 0.25) is 5.91 Å². The van der Waals surface area contributed by atoms with Crippen LogP contribution in [0.25, 0.3) is 0 Å². The molecule has 0 radical (unpaired) electrons. The number of nitro benzene ring substituents is 1. The van der Waals surface area contributed by atoms with E-state index in [0.717, 1.165) is 12.1 Å². The molecule has 2 aromatic rings. The van der Waals surface area contributed by atoms with Gasteiger partial charge in [0.1, 0.15) is 9.95 Å². The number of rotatable bonds is 5. The molecule has 0 aliphatic carbocycles. The number of nitrogens with zero attached hydrogens (tertiary/aromatic N) is 3. The van der Waals surface area contributed by atoms with Crippen LogP contribution in [0, 0.1) is 26.1 Å². The smallest absolute Gasteiger partial charge is 0.395 e. The second kappa shape index (κ2) is 7.03. The molecule has 1 fully saturated rings. The molecule has 1 aromatic heterocycles. The summed E-state index contributed by atoms with van der Waals surface area (Å²) in [5, 5.41) is 23.9. The Hall–Kier alpha value is -3.47. The highest BCUT2D eigenvalue weighted by atomic mass is 35.5. The fourth-order valence-corrected chi connectivity index (χ4v) is 2.67. The summed E-state index contributed by atoms with van der Waals surface area (Å²) >= 11 is 5.71. The predicted molar refractivity (Wildman–Crippen MR) is 91.5 cm³/mol. The van der Waals surface area contributed by atoms with E-state index in [-0.39, 0.29) is 35.2 Å². The number of carbonyl (C=O) groups excluding carboxylic acids is 2.